The molecule has 1 saturated carbocycles. The second-order valence-corrected chi connectivity index (χ2v) is 6.49. The zero-order valence-electron chi connectivity index (χ0n) is 12.7. The minimum absolute atomic E-state index is 0.00419. The number of fused-ring (bicyclic) bond motifs is 5. The van der Waals surface area contributed by atoms with E-state index >= 15 is 0 Å². The molecule has 1 aromatic rings. The number of hydrogen-bond acceptors (Lipinski definition) is 3. The normalized spacial score (nSPS) is 32.0. The lowest BCUT2D eigenvalue weighted by Gasteiger charge is -2.18. The predicted molar refractivity (Wildman–Crippen MR) is 83.9 cm³/mol. The molecule has 114 valence electrons. The number of benzene rings is 1. The molecule has 4 unspecified atom stereocenters. The average molecular weight is 296 g/mol. The van der Waals surface area contributed by atoms with Gasteiger partial charge in [-0.3, -0.25) is 14.5 Å². The van der Waals surface area contributed by atoms with Crippen molar-refractivity contribution < 1.29 is 9.59 Å². The summed E-state index contributed by atoms with van der Waals surface area (Å²) in [5, 5.41) is 3.20. The molecule has 1 N–H and O–H groups in total. The Balaban J connectivity index is 1.45. The van der Waals surface area contributed by atoms with Crippen molar-refractivity contribution in [3.05, 3.63) is 42.0 Å². The standard InChI is InChI=1S/C18H20N2O2/c1-2-11-3-7-14(8-4-11)19-10-20-17(21)15-12-5-6-13(9-12)16(15)18(20)22/h3-8,12-13,15-16,19H,2,9-10H2,1H3. The van der Waals surface area contributed by atoms with Crippen molar-refractivity contribution in [2.45, 2.75) is 19.8 Å². The molecule has 1 aromatic carbocycles. The fraction of sp³-hybridized carbons (Fsp3) is 0.444. The van der Waals surface area contributed by atoms with Crippen LogP contribution in [0.25, 0.3) is 0 Å². The van der Waals surface area contributed by atoms with E-state index in [0.29, 0.717) is 0 Å². The Morgan fingerprint density at radius 2 is 1.64 bits per heavy atom. The summed E-state index contributed by atoms with van der Waals surface area (Å²) in [6, 6.07) is 8.12. The predicted octanol–water partition coefficient (Wildman–Crippen LogP) is 2.43. The maximum Gasteiger partial charge on any atom is 0.235 e. The van der Waals surface area contributed by atoms with Crippen LogP contribution in [0.2, 0.25) is 0 Å². The minimum Gasteiger partial charge on any atom is -0.367 e. The number of hydrogen-bond donors (Lipinski definition) is 1. The van der Waals surface area contributed by atoms with Crippen LogP contribution in [0.1, 0.15) is 18.9 Å². The molecule has 0 aromatic heterocycles. The molecular formula is C18H20N2O2. The van der Waals surface area contributed by atoms with Crippen LogP contribution < -0.4 is 5.32 Å². The Hall–Kier alpha value is -2.10. The highest BCUT2D eigenvalue weighted by Crippen LogP contribution is 2.52. The molecule has 3 aliphatic rings. The second-order valence-electron chi connectivity index (χ2n) is 6.49. The van der Waals surface area contributed by atoms with Crippen molar-refractivity contribution >= 4 is 17.5 Å². The third kappa shape index (κ3) is 1.90. The number of nitrogens with one attached hydrogen (secondary N) is 1. The van der Waals surface area contributed by atoms with Gasteiger partial charge < -0.3 is 5.32 Å². The van der Waals surface area contributed by atoms with Crippen LogP contribution in [0.4, 0.5) is 5.69 Å². The lowest BCUT2D eigenvalue weighted by molar-refractivity contribution is -0.140. The van der Waals surface area contributed by atoms with Crippen LogP contribution in [0, 0.1) is 23.7 Å². The maximum absolute atomic E-state index is 12.5. The van der Waals surface area contributed by atoms with Gasteiger partial charge in [0.15, 0.2) is 0 Å². The number of allylic oxidation sites excluding steroid dienone is 2. The first-order valence-corrected chi connectivity index (χ1v) is 8.05. The van der Waals surface area contributed by atoms with Crippen molar-refractivity contribution in [3.8, 4) is 0 Å². The van der Waals surface area contributed by atoms with Gasteiger partial charge in [0.2, 0.25) is 11.8 Å². The summed E-state index contributed by atoms with van der Waals surface area (Å²) in [6.07, 6.45) is 6.23. The summed E-state index contributed by atoms with van der Waals surface area (Å²) >= 11 is 0. The van der Waals surface area contributed by atoms with Gasteiger partial charge in [-0.15, -0.1) is 0 Å². The van der Waals surface area contributed by atoms with E-state index < -0.39 is 0 Å². The molecule has 22 heavy (non-hydrogen) atoms. The van der Waals surface area contributed by atoms with Gasteiger partial charge in [-0.05, 0) is 42.4 Å². The quantitative estimate of drug-likeness (QED) is 0.686. The van der Waals surface area contributed by atoms with Gasteiger partial charge in [0.25, 0.3) is 0 Å². The number of nitrogens with zero attached hydrogens (tertiary/aromatic N) is 1. The molecule has 0 radical (unpaired) electrons. The molecule has 4 rings (SSSR count). The summed E-state index contributed by atoms with van der Waals surface area (Å²) in [4.78, 5) is 26.5. The summed E-state index contributed by atoms with van der Waals surface area (Å²) in [5.41, 5.74) is 2.21. The maximum atomic E-state index is 12.5. The van der Waals surface area contributed by atoms with Crippen LogP contribution in [0.15, 0.2) is 36.4 Å². The Kier molecular flexibility index (Phi) is 3.06. The van der Waals surface area contributed by atoms with Crippen molar-refractivity contribution in [3.63, 3.8) is 0 Å². The van der Waals surface area contributed by atoms with Crippen LogP contribution >= 0.6 is 0 Å². The number of carbonyl (C=O) groups excluding carboxylic acids is 2. The Labute approximate surface area is 130 Å². The first-order chi connectivity index (χ1) is 10.7. The van der Waals surface area contributed by atoms with Crippen molar-refractivity contribution in [2.75, 3.05) is 12.0 Å². The Morgan fingerprint density at radius 3 is 2.18 bits per heavy atom. The number of imide groups is 1. The third-order valence-corrected chi connectivity index (χ3v) is 5.37. The molecule has 0 spiro atoms. The molecule has 1 aliphatic heterocycles. The zero-order chi connectivity index (χ0) is 15.3. The molecular weight excluding hydrogens is 276 g/mol. The Bertz CT molecular complexity index is 620. The highest BCUT2D eigenvalue weighted by atomic mass is 16.2. The van der Waals surface area contributed by atoms with Gasteiger partial charge in [0, 0.05) is 5.69 Å². The van der Waals surface area contributed by atoms with E-state index in [1.54, 1.807) is 0 Å². The lowest BCUT2D eigenvalue weighted by Crippen LogP contribution is -2.37. The summed E-state index contributed by atoms with van der Waals surface area (Å²) in [6.45, 7) is 2.39. The van der Waals surface area contributed by atoms with E-state index in [1.807, 2.05) is 12.1 Å². The van der Waals surface area contributed by atoms with Crippen LogP contribution in [-0.2, 0) is 16.0 Å². The van der Waals surface area contributed by atoms with E-state index in [2.05, 4.69) is 36.5 Å². The largest absolute Gasteiger partial charge is 0.367 e. The van der Waals surface area contributed by atoms with Gasteiger partial charge in [0.1, 0.15) is 0 Å². The number of rotatable bonds is 4. The lowest BCUT2D eigenvalue weighted by atomic mass is 9.85. The van der Waals surface area contributed by atoms with E-state index in [-0.39, 0.29) is 42.2 Å². The third-order valence-electron chi connectivity index (χ3n) is 5.37. The monoisotopic (exact) mass is 296 g/mol. The highest BCUT2D eigenvalue weighted by molar-refractivity contribution is 6.06. The van der Waals surface area contributed by atoms with E-state index in [0.717, 1.165) is 18.5 Å². The van der Waals surface area contributed by atoms with E-state index in [9.17, 15) is 9.59 Å². The smallest absolute Gasteiger partial charge is 0.235 e. The number of amides is 2. The number of anilines is 1. The van der Waals surface area contributed by atoms with Crippen molar-refractivity contribution in [1.29, 1.82) is 0 Å². The number of carbonyl (C=O) groups is 2. The van der Waals surface area contributed by atoms with E-state index in [4.69, 9.17) is 0 Å². The molecule has 2 fully saturated rings. The summed E-state index contributed by atoms with van der Waals surface area (Å²) in [5.74, 6) is 0.355. The summed E-state index contributed by atoms with van der Waals surface area (Å²) in [7, 11) is 0. The minimum atomic E-state index is -0.105. The van der Waals surface area contributed by atoms with Crippen molar-refractivity contribution in [2.24, 2.45) is 23.7 Å². The fourth-order valence-electron chi connectivity index (χ4n) is 4.15. The molecule has 4 nitrogen and oxygen atoms in total. The number of likely N-dealkylation sites (tertiary alicyclic amines) is 1. The average Bonchev–Trinajstić information content (AvgIpc) is 3.21. The van der Waals surface area contributed by atoms with Gasteiger partial charge in [-0.25, -0.2) is 0 Å². The van der Waals surface area contributed by atoms with Gasteiger partial charge in [0.05, 0.1) is 18.5 Å². The van der Waals surface area contributed by atoms with Gasteiger partial charge in [-0.1, -0.05) is 31.2 Å². The van der Waals surface area contributed by atoms with Crippen LogP contribution in [0.5, 0.6) is 0 Å². The fourth-order valence-corrected chi connectivity index (χ4v) is 4.15. The highest BCUT2D eigenvalue weighted by Gasteiger charge is 2.59. The first kappa shape index (κ1) is 13.6. The summed E-state index contributed by atoms with van der Waals surface area (Å²) < 4.78 is 0. The van der Waals surface area contributed by atoms with E-state index in [1.165, 1.54) is 10.5 Å². The van der Waals surface area contributed by atoms with Gasteiger partial charge in [-0.2, -0.15) is 0 Å². The SMILES string of the molecule is CCc1ccc(NCN2C(=O)C3C4C=CC(C4)C3C2=O)cc1. The molecule has 1 heterocycles. The Morgan fingerprint density at radius 1 is 1.05 bits per heavy atom. The van der Waals surface area contributed by atoms with Crippen LogP contribution in [0.3, 0.4) is 0 Å². The zero-order valence-corrected chi connectivity index (χ0v) is 12.7. The van der Waals surface area contributed by atoms with Crippen LogP contribution in [-0.4, -0.2) is 23.4 Å². The topological polar surface area (TPSA) is 49.4 Å². The molecule has 1 saturated heterocycles. The van der Waals surface area contributed by atoms with Crippen molar-refractivity contribution in [1.82, 2.24) is 4.90 Å². The molecule has 2 amide bonds. The number of aryl methyl sites for hydroxylation is 1. The molecule has 2 bridgehead atoms. The molecule has 4 heteroatoms. The molecule has 2 aliphatic carbocycles. The van der Waals surface area contributed by atoms with Gasteiger partial charge >= 0.3 is 0 Å². The molecule has 4 atom stereocenters. The second kappa shape index (κ2) is 4.97. The first-order valence-electron chi connectivity index (χ1n) is 8.05.